The van der Waals surface area contributed by atoms with Gasteiger partial charge in [0.2, 0.25) is 0 Å². The molecule has 0 aliphatic carbocycles. The summed E-state index contributed by atoms with van der Waals surface area (Å²) in [7, 11) is 1.43. The van der Waals surface area contributed by atoms with E-state index >= 15 is 0 Å². The van der Waals surface area contributed by atoms with Crippen LogP contribution in [-0.2, 0) is 6.42 Å². The maximum absolute atomic E-state index is 13.0. The van der Waals surface area contributed by atoms with Crippen LogP contribution in [0.4, 0.5) is 13.2 Å². The third-order valence-electron chi connectivity index (χ3n) is 4.64. The number of para-hydroxylation sites is 2. The van der Waals surface area contributed by atoms with Gasteiger partial charge in [-0.25, -0.2) is 0 Å². The molecule has 0 aliphatic rings. The van der Waals surface area contributed by atoms with Crippen LogP contribution in [0.15, 0.2) is 46.9 Å². The van der Waals surface area contributed by atoms with Gasteiger partial charge in [-0.15, -0.1) is 0 Å². The third kappa shape index (κ3) is 4.06. The SMILES string of the molecule is CCC(O)(CCc1ccc(Oc2nc3ccccc3o2)c(OC)c1)C(F)(F)F. The van der Waals surface area contributed by atoms with Gasteiger partial charge in [-0.2, -0.15) is 18.2 Å². The lowest BCUT2D eigenvalue weighted by atomic mass is 9.91. The zero-order valence-electron chi connectivity index (χ0n) is 15.4. The highest BCUT2D eigenvalue weighted by atomic mass is 19.4. The van der Waals surface area contributed by atoms with Crippen LogP contribution in [0.1, 0.15) is 25.3 Å². The Morgan fingerprint density at radius 3 is 2.50 bits per heavy atom. The van der Waals surface area contributed by atoms with E-state index in [9.17, 15) is 18.3 Å². The molecule has 1 atom stereocenters. The van der Waals surface area contributed by atoms with Crippen LogP contribution >= 0.6 is 0 Å². The Labute approximate surface area is 159 Å². The Balaban J connectivity index is 1.76. The van der Waals surface area contributed by atoms with E-state index in [2.05, 4.69) is 4.98 Å². The van der Waals surface area contributed by atoms with Gasteiger partial charge in [0.05, 0.1) is 7.11 Å². The summed E-state index contributed by atoms with van der Waals surface area (Å²) in [5.41, 5.74) is -0.927. The minimum absolute atomic E-state index is 0.0311. The number of aliphatic hydroxyl groups is 1. The highest BCUT2D eigenvalue weighted by molar-refractivity contribution is 5.72. The summed E-state index contributed by atoms with van der Waals surface area (Å²) in [6, 6.07) is 11.9. The molecule has 0 saturated heterocycles. The predicted molar refractivity (Wildman–Crippen MR) is 96.7 cm³/mol. The van der Waals surface area contributed by atoms with E-state index in [0.717, 1.165) is 0 Å². The van der Waals surface area contributed by atoms with Gasteiger partial charge in [0.25, 0.3) is 0 Å². The van der Waals surface area contributed by atoms with Crippen molar-refractivity contribution in [2.24, 2.45) is 0 Å². The van der Waals surface area contributed by atoms with Crippen molar-refractivity contribution in [3.63, 3.8) is 0 Å². The minimum atomic E-state index is -4.68. The molecule has 1 N–H and O–H groups in total. The number of hydrogen-bond donors (Lipinski definition) is 1. The lowest BCUT2D eigenvalue weighted by molar-refractivity contribution is -0.263. The summed E-state index contributed by atoms with van der Waals surface area (Å²) in [5, 5.41) is 9.86. The molecular formula is C20H20F3NO4. The maximum atomic E-state index is 13.0. The molecule has 150 valence electrons. The molecule has 3 aromatic rings. The minimum Gasteiger partial charge on any atom is -0.493 e. The fraction of sp³-hybridized carbons (Fsp3) is 0.350. The molecule has 0 spiro atoms. The molecule has 0 bridgehead atoms. The van der Waals surface area contributed by atoms with Crippen molar-refractivity contribution < 1.29 is 32.2 Å². The quantitative estimate of drug-likeness (QED) is 0.591. The first-order valence-corrected chi connectivity index (χ1v) is 8.75. The number of aryl methyl sites for hydroxylation is 1. The van der Waals surface area contributed by atoms with Crippen LogP contribution in [0.2, 0.25) is 0 Å². The highest BCUT2D eigenvalue weighted by Crippen LogP contribution is 2.38. The van der Waals surface area contributed by atoms with E-state index in [1.165, 1.54) is 14.0 Å². The molecule has 0 radical (unpaired) electrons. The molecule has 1 aromatic heterocycles. The summed E-state index contributed by atoms with van der Waals surface area (Å²) >= 11 is 0. The molecule has 8 heteroatoms. The van der Waals surface area contributed by atoms with Crippen molar-refractivity contribution >= 4 is 11.1 Å². The van der Waals surface area contributed by atoms with E-state index < -0.39 is 24.6 Å². The first-order chi connectivity index (χ1) is 13.3. The van der Waals surface area contributed by atoms with Gasteiger partial charge in [0, 0.05) is 0 Å². The molecule has 0 fully saturated rings. The van der Waals surface area contributed by atoms with Crippen LogP contribution in [0, 0.1) is 0 Å². The number of methoxy groups -OCH3 is 1. The van der Waals surface area contributed by atoms with E-state index in [-0.39, 0.29) is 12.5 Å². The van der Waals surface area contributed by atoms with E-state index in [1.54, 1.807) is 30.3 Å². The van der Waals surface area contributed by atoms with Crippen LogP contribution in [-0.4, -0.2) is 29.0 Å². The Kier molecular flexibility index (Phi) is 5.51. The zero-order valence-corrected chi connectivity index (χ0v) is 15.4. The van der Waals surface area contributed by atoms with Crippen molar-refractivity contribution in [2.75, 3.05) is 7.11 Å². The second kappa shape index (κ2) is 7.71. The number of hydrogen-bond acceptors (Lipinski definition) is 5. The number of benzene rings is 2. The molecule has 5 nitrogen and oxygen atoms in total. The lowest BCUT2D eigenvalue weighted by Gasteiger charge is -2.29. The average molecular weight is 395 g/mol. The fourth-order valence-corrected chi connectivity index (χ4v) is 2.81. The normalized spacial score (nSPS) is 14.1. The number of aromatic nitrogens is 1. The van der Waals surface area contributed by atoms with Crippen LogP contribution in [0.25, 0.3) is 11.1 Å². The summed E-state index contributed by atoms with van der Waals surface area (Å²) in [6.45, 7) is 1.31. The fourth-order valence-electron chi connectivity index (χ4n) is 2.81. The van der Waals surface area contributed by atoms with Crippen LogP contribution < -0.4 is 9.47 Å². The number of ether oxygens (including phenoxy) is 2. The van der Waals surface area contributed by atoms with Crippen molar-refractivity contribution in [1.82, 2.24) is 4.98 Å². The molecule has 0 aliphatic heterocycles. The topological polar surface area (TPSA) is 64.7 Å². The molecule has 28 heavy (non-hydrogen) atoms. The van der Waals surface area contributed by atoms with Gasteiger partial charge in [0.1, 0.15) is 5.52 Å². The van der Waals surface area contributed by atoms with E-state index in [0.29, 0.717) is 28.2 Å². The summed E-state index contributed by atoms with van der Waals surface area (Å²) in [4.78, 5) is 4.21. The monoisotopic (exact) mass is 395 g/mol. The number of oxazole rings is 1. The van der Waals surface area contributed by atoms with Gasteiger partial charge in [0.15, 0.2) is 22.7 Å². The summed E-state index contributed by atoms with van der Waals surface area (Å²) in [5.74, 6) is 0.645. The van der Waals surface area contributed by atoms with Gasteiger partial charge in [-0.3, -0.25) is 0 Å². The molecule has 1 heterocycles. The number of nitrogens with zero attached hydrogens (tertiary/aromatic N) is 1. The molecule has 1 unspecified atom stereocenters. The van der Waals surface area contributed by atoms with Crippen LogP contribution in [0.3, 0.4) is 0 Å². The Morgan fingerprint density at radius 2 is 1.86 bits per heavy atom. The predicted octanol–water partition coefficient (Wildman–Crippen LogP) is 5.26. The Hall–Kier alpha value is -2.74. The Bertz CT molecular complexity index is 921. The number of fused-ring (bicyclic) bond motifs is 1. The molecule has 0 amide bonds. The number of halogens is 3. The van der Waals surface area contributed by atoms with Crippen molar-refractivity contribution in [3.8, 4) is 17.6 Å². The second-order valence-corrected chi connectivity index (χ2v) is 6.42. The van der Waals surface area contributed by atoms with Crippen molar-refractivity contribution in [2.45, 2.75) is 38.0 Å². The zero-order chi connectivity index (χ0) is 20.4. The van der Waals surface area contributed by atoms with Crippen molar-refractivity contribution in [3.05, 3.63) is 48.0 Å². The summed E-state index contributed by atoms with van der Waals surface area (Å²) < 4.78 is 55.5. The first-order valence-electron chi connectivity index (χ1n) is 8.75. The average Bonchev–Trinajstić information content (AvgIpc) is 3.08. The van der Waals surface area contributed by atoms with Crippen molar-refractivity contribution in [1.29, 1.82) is 0 Å². The van der Waals surface area contributed by atoms with Gasteiger partial charge in [-0.1, -0.05) is 25.1 Å². The lowest BCUT2D eigenvalue weighted by Crippen LogP contribution is -2.44. The number of rotatable bonds is 7. The standard InChI is InChI=1S/C20H20F3NO4/c1-3-19(25,20(21,22)23)11-10-13-8-9-16(17(12-13)26-2)28-18-24-14-6-4-5-7-15(14)27-18/h4-9,12,25H,3,10-11H2,1-2H3. The molecule has 0 saturated carbocycles. The molecule has 3 rings (SSSR count). The summed E-state index contributed by atoms with van der Waals surface area (Å²) in [6.07, 6.45) is -5.47. The maximum Gasteiger partial charge on any atom is 0.417 e. The second-order valence-electron chi connectivity index (χ2n) is 6.42. The largest absolute Gasteiger partial charge is 0.493 e. The smallest absolute Gasteiger partial charge is 0.417 e. The van der Waals surface area contributed by atoms with E-state index in [4.69, 9.17) is 13.9 Å². The molecule has 2 aromatic carbocycles. The van der Waals surface area contributed by atoms with Crippen LogP contribution in [0.5, 0.6) is 17.6 Å². The number of alkyl halides is 3. The Morgan fingerprint density at radius 1 is 1.11 bits per heavy atom. The third-order valence-corrected chi connectivity index (χ3v) is 4.64. The van der Waals surface area contributed by atoms with Gasteiger partial charge in [-0.05, 0) is 49.1 Å². The highest BCUT2D eigenvalue weighted by Gasteiger charge is 2.51. The van der Waals surface area contributed by atoms with Gasteiger partial charge < -0.3 is 19.0 Å². The molecular weight excluding hydrogens is 375 g/mol. The van der Waals surface area contributed by atoms with Gasteiger partial charge >= 0.3 is 12.3 Å². The first kappa shape index (κ1) is 20.0. The van der Waals surface area contributed by atoms with E-state index in [1.807, 2.05) is 12.1 Å².